The molecule has 0 saturated carbocycles. The molecule has 28 heavy (non-hydrogen) atoms. The molecule has 2 aromatic carbocycles. The van der Waals surface area contributed by atoms with E-state index in [1.54, 1.807) is 19.2 Å². The Labute approximate surface area is 166 Å². The van der Waals surface area contributed by atoms with Crippen molar-refractivity contribution in [1.29, 1.82) is 10.5 Å². The van der Waals surface area contributed by atoms with Gasteiger partial charge in [0.2, 0.25) is 0 Å². The number of methoxy groups -OCH3 is 1. The van der Waals surface area contributed by atoms with Gasteiger partial charge in [-0.15, -0.1) is 13.2 Å². The Kier molecular flexibility index (Phi) is 6.79. The number of aromatic nitrogens is 1. The van der Waals surface area contributed by atoms with Gasteiger partial charge in [-0.3, -0.25) is 0 Å². The normalized spacial score (nSPS) is 9.61. The largest absolute Gasteiger partial charge is 0.497 e. The second-order valence-electron chi connectivity index (χ2n) is 6.16. The molecule has 0 N–H and O–H groups in total. The molecule has 1 heterocycles. The summed E-state index contributed by atoms with van der Waals surface area (Å²) in [5, 5.41) is 18.7. The molecule has 140 valence electrons. The second kappa shape index (κ2) is 9.26. The van der Waals surface area contributed by atoms with Crippen molar-refractivity contribution < 1.29 is 4.74 Å². The zero-order valence-electron chi connectivity index (χ0n) is 16.5. The number of benzene rings is 2. The maximum Gasteiger partial charge on any atom is 0.118 e. The molecule has 0 spiro atoms. The quantitative estimate of drug-likeness (QED) is 0.581. The molecule has 0 aliphatic rings. The summed E-state index contributed by atoms with van der Waals surface area (Å²) in [7, 11) is 1.65. The summed E-state index contributed by atoms with van der Waals surface area (Å²) in [4.78, 5) is 0. The van der Waals surface area contributed by atoms with Gasteiger partial charge in [-0.1, -0.05) is 24.3 Å². The number of ether oxygens (including phenoxy) is 1. The summed E-state index contributed by atoms with van der Waals surface area (Å²) in [5.41, 5.74) is 6.31. The van der Waals surface area contributed by atoms with E-state index < -0.39 is 0 Å². The highest BCUT2D eigenvalue weighted by Gasteiger charge is 2.19. The summed E-state index contributed by atoms with van der Waals surface area (Å²) >= 11 is 0. The number of rotatable bonds is 4. The molecule has 3 rings (SSSR count). The summed E-state index contributed by atoms with van der Waals surface area (Å²) in [6, 6.07) is 19.8. The smallest absolute Gasteiger partial charge is 0.118 e. The Morgan fingerprint density at radius 1 is 0.893 bits per heavy atom. The van der Waals surface area contributed by atoms with Gasteiger partial charge in [0.25, 0.3) is 0 Å². The average molecular weight is 369 g/mol. The molecule has 4 nitrogen and oxygen atoms in total. The number of hydrogen-bond acceptors (Lipinski definition) is 3. The van der Waals surface area contributed by atoms with E-state index in [4.69, 9.17) is 10.00 Å². The number of nitriles is 2. The van der Waals surface area contributed by atoms with Crippen LogP contribution < -0.4 is 4.74 Å². The maximum absolute atomic E-state index is 9.70. The molecule has 0 unspecified atom stereocenters. The van der Waals surface area contributed by atoms with Crippen LogP contribution in [-0.2, 0) is 6.54 Å². The molecule has 0 aliphatic heterocycles. The average Bonchev–Trinajstić information content (AvgIpc) is 2.99. The van der Waals surface area contributed by atoms with Crippen LogP contribution in [-0.4, -0.2) is 11.7 Å². The molecule has 3 aromatic rings. The van der Waals surface area contributed by atoms with Crippen molar-refractivity contribution in [2.24, 2.45) is 0 Å². The van der Waals surface area contributed by atoms with E-state index in [1.807, 2.05) is 50.2 Å². The number of hydrogen-bond donors (Lipinski definition) is 0. The van der Waals surface area contributed by atoms with Gasteiger partial charge >= 0.3 is 0 Å². The Bertz CT molecular complexity index is 1030. The topological polar surface area (TPSA) is 61.7 Å². The fraction of sp³-hybridized carbons (Fsp3) is 0.167. The molecular weight excluding hydrogens is 346 g/mol. The van der Waals surface area contributed by atoms with Crippen LogP contribution in [0.1, 0.15) is 28.1 Å². The van der Waals surface area contributed by atoms with E-state index in [-0.39, 0.29) is 0 Å². The third-order valence-corrected chi connectivity index (χ3v) is 4.70. The van der Waals surface area contributed by atoms with Crippen LogP contribution >= 0.6 is 0 Å². The molecule has 0 fully saturated rings. The summed E-state index contributed by atoms with van der Waals surface area (Å²) in [5.74, 6) is 0.825. The molecule has 4 heteroatoms. The van der Waals surface area contributed by atoms with E-state index in [0.29, 0.717) is 17.7 Å². The molecule has 0 aliphatic carbocycles. The van der Waals surface area contributed by atoms with Gasteiger partial charge in [0.05, 0.1) is 24.3 Å². The van der Waals surface area contributed by atoms with E-state index in [2.05, 4.69) is 29.9 Å². The fourth-order valence-corrected chi connectivity index (χ4v) is 3.24. The minimum atomic E-state index is 0.610. The highest BCUT2D eigenvalue weighted by Crippen LogP contribution is 2.32. The molecule has 0 bridgehead atoms. The number of nitrogens with zero attached hydrogens (tertiary/aromatic N) is 3. The zero-order valence-corrected chi connectivity index (χ0v) is 16.5. The minimum Gasteiger partial charge on any atom is -0.497 e. The van der Waals surface area contributed by atoms with Crippen LogP contribution in [0.5, 0.6) is 5.75 Å². The lowest BCUT2D eigenvalue weighted by atomic mass is 10.0. The van der Waals surface area contributed by atoms with Gasteiger partial charge in [-0.2, -0.15) is 10.5 Å². The van der Waals surface area contributed by atoms with Crippen LogP contribution in [0, 0.1) is 36.5 Å². The van der Waals surface area contributed by atoms with Gasteiger partial charge in [0.1, 0.15) is 11.8 Å². The van der Waals surface area contributed by atoms with E-state index >= 15 is 0 Å². The maximum atomic E-state index is 9.70. The molecular formula is C24H23N3O. The summed E-state index contributed by atoms with van der Waals surface area (Å²) < 4.78 is 7.37. The van der Waals surface area contributed by atoms with Crippen molar-refractivity contribution >= 4 is 0 Å². The van der Waals surface area contributed by atoms with Crippen LogP contribution in [0.4, 0.5) is 0 Å². The first-order valence-corrected chi connectivity index (χ1v) is 8.82. The Morgan fingerprint density at radius 3 is 2.00 bits per heavy atom. The van der Waals surface area contributed by atoms with E-state index in [0.717, 1.165) is 33.8 Å². The lowest BCUT2D eigenvalue weighted by Gasteiger charge is -2.11. The predicted octanol–water partition coefficient (Wildman–Crippen LogP) is 5.37. The first-order valence-electron chi connectivity index (χ1n) is 8.82. The van der Waals surface area contributed by atoms with Crippen molar-refractivity contribution in [3.63, 3.8) is 0 Å². The SMILES string of the molecule is C=C.COc1ccc(Cn2c(C)c(C#N)c(-c3ccc(C#N)cc3)c2C)cc1. The summed E-state index contributed by atoms with van der Waals surface area (Å²) in [6.45, 7) is 10.7. The van der Waals surface area contributed by atoms with Crippen molar-refractivity contribution in [3.05, 3.63) is 89.8 Å². The molecule has 0 amide bonds. The Balaban J connectivity index is 0.00000136. The second-order valence-corrected chi connectivity index (χ2v) is 6.16. The van der Waals surface area contributed by atoms with Crippen molar-refractivity contribution in [2.45, 2.75) is 20.4 Å². The zero-order chi connectivity index (χ0) is 20.7. The van der Waals surface area contributed by atoms with Crippen LogP contribution in [0.15, 0.2) is 61.7 Å². The van der Waals surface area contributed by atoms with Crippen molar-refractivity contribution in [2.75, 3.05) is 7.11 Å². The van der Waals surface area contributed by atoms with Crippen LogP contribution in [0.25, 0.3) is 11.1 Å². The predicted molar refractivity (Wildman–Crippen MR) is 112 cm³/mol. The lowest BCUT2D eigenvalue weighted by Crippen LogP contribution is -2.04. The van der Waals surface area contributed by atoms with E-state index in [9.17, 15) is 5.26 Å². The van der Waals surface area contributed by atoms with Crippen LogP contribution in [0.2, 0.25) is 0 Å². The highest BCUT2D eigenvalue weighted by atomic mass is 16.5. The monoisotopic (exact) mass is 369 g/mol. The first kappa shape index (κ1) is 20.6. The Morgan fingerprint density at radius 2 is 1.50 bits per heavy atom. The lowest BCUT2D eigenvalue weighted by molar-refractivity contribution is 0.414. The molecule has 0 saturated heterocycles. The summed E-state index contributed by atoms with van der Waals surface area (Å²) in [6.07, 6.45) is 0. The third-order valence-electron chi connectivity index (χ3n) is 4.70. The first-order chi connectivity index (χ1) is 13.6. The van der Waals surface area contributed by atoms with Gasteiger partial charge < -0.3 is 9.30 Å². The van der Waals surface area contributed by atoms with Gasteiger partial charge in [0.15, 0.2) is 0 Å². The van der Waals surface area contributed by atoms with Crippen molar-refractivity contribution in [3.8, 4) is 29.0 Å². The van der Waals surface area contributed by atoms with Gasteiger partial charge in [-0.25, -0.2) is 0 Å². The molecule has 0 radical (unpaired) electrons. The van der Waals surface area contributed by atoms with E-state index in [1.165, 1.54) is 0 Å². The van der Waals surface area contributed by atoms with Crippen molar-refractivity contribution in [1.82, 2.24) is 4.57 Å². The molecule has 0 atom stereocenters. The highest BCUT2D eigenvalue weighted by molar-refractivity contribution is 5.75. The van der Waals surface area contributed by atoms with Gasteiger partial charge in [-0.05, 0) is 49.2 Å². The molecule has 1 aromatic heterocycles. The standard InChI is InChI=1S/C22H19N3O.C2H4/c1-15-21(13-24)22(19-8-4-17(12-23)5-9-19)16(2)25(15)14-18-6-10-20(26-3)11-7-18;1-2/h4-11H,14H2,1-3H3;1-2H2. The third kappa shape index (κ3) is 3.98. The minimum absolute atomic E-state index is 0.610. The fourth-order valence-electron chi connectivity index (χ4n) is 3.24. The van der Waals surface area contributed by atoms with Crippen LogP contribution in [0.3, 0.4) is 0 Å². The van der Waals surface area contributed by atoms with Gasteiger partial charge in [0, 0.05) is 23.5 Å². The Hall–Kier alpha value is -3.76.